The maximum absolute atomic E-state index is 12.6. The summed E-state index contributed by atoms with van der Waals surface area (Å²) in [5, 5.41) is 0.709. The summed E-state index contributed by atoms with van der Waals surface area (Å²) < 4.78 is 16.0. The van der Waals surface area contributed by atoms with Crippen LogP contribution in [0.4, 0.5) is 0 Å². The van der Waals surface area contributed by atoms with Crippen molar-refractivity contribution in [2.45, 2.75) is 13.8 Å². The summed E-state index contributed by atoms with van der Waals surface area (Å²) in [4.78, 5) is 30.5. The molecule has 0 aromatic heterocycles. The van der Waals surface area contributed by atoms with Gasteiger partial charge in [-0.05, 0) is 65.3 Å². The van der Waals surface area contributed by atoms with Crippen molar-refractivity contribution < 1.29 is 23.8 Å². The SMILES string of the molecule is CCN=C1S/C(=C\c2cc(Br)c(OCC(=O)OC)c(OC)c2)C(=O)N1CC. The molecule has 1 aliphatic heterocycles. The van der Waals surface area contributed by atoms with Crippen LogP contribution in [0.15, 0.2) is 26.5 Å². The van der Waals surface area contributed by atoms with Crippen molar-refractivity contribution in [2.24, 2.45) is 4.99 Å². The van der Waals surface area contributed by atoms with Gasteiger partial charge in [0.1, 0.15) is 0 Å². The standard InChI is InChI=1S/C18H21BrN2O5S/c1-5-20-18-21(6-2)17(23)14(27-18)9-11-7-12(19)16(13(8-11)24-3)26-10-15(22)25-4/h7-9H,5-6,10H2,1-4H3/b14-9-,20-18?. The molecule has 2 rings (SSSR count). The molecule has 1 amide bonds. The number of amides is 1. The van der Waals surface area contributed by atoms with Crippen LogP contribution in [-0.2, 0) is 14.3 Å². The van der Waals surface area contributed by atoms with E-state index in [-0.39, 0.29) is 12.5 Å². The maximum Gasteiger partial charge on any atom is 0.343 e. The molecule has 0 N–H and O–H groups in total. The Morgan fingerprint density at radius 2 is 2.07 bits per heavy atom. The van der Waals surface area contributed by atoms with E-state index in [1.807, 2.05) is 13.8 Å². The Morgan fingerprint density at radius 1 is 1.33 bits per heavy atom. The largest absolute Gasteiger partial charge is 0.493 e. The van der Waals surface area contributed by atoms with E-state index in [2.05, 4.69) is 25.7 Å². The molecule has 146 valence electrons. The summed E-state index contributed by atoms with van der Waals surface area (Å²) in [6.45, 7) is 4.80. The lowest BCUT2D eigenvalue weighted by molar-refractivity contribution is -0.143. The number of aliphatic imine (C=N–C) groups is 1. The van der Waals surface area contributed by atoms with Crippen LogP contribution in [-0.4, -0.2) is 55.9 Å². The first kappa shape index (κ1) is 21.3. The van der Waals surface area contributed by atoms with Crippen molar-refractivity contribution in [3.05, 3.63) is 27.1 Å². The van der Waals surface area contributed by atoms with Gasteiger partial charge in [-0.3, -0.25) is 14.7 Å². The minimum atomic E-state index is -0.495. The molecule has 1 saturated heterocycles. The molecular weight excluding hydrogens is 436 g/mol. The Hall–Kier alpha value is -2.00. The maximum atomic E-state index is 12.6. The second-order valence-electron chi connectivity index (χ2n) is 5.32. The zero-order chi connectivity index (χ0) is 20.0. The van der Waals surface area contributed by atoms with E-state index >= 15 is 0 Å². The number of hydrogen-bond donors (Lipinski definition) is 0. The van der Waals surface area contributed by atoms with E-state index in [0.29, 0.717) is 39.1 Å². The Balaban J connectivity index is 2.33. The number of hydrogen-bond acceptors (Lipinski definition) is 7. The number of rotatable bonds is 7. The van der Waals surface area contributed by atoms with Gasteiger partial charge >= 0.3 is 5.97 Å². The van der Waals surface area contributed by atoms with Crippen LogP contribution < -0.4 is 9.47 Å². The van der Waals surface area contributed by atoms with Gasteiger partial charge in [0, 0.05) is 13.1 Å². The van der Waals surface area contributed by atoms with Gasteiger partial charge in [0.2, 0.25) is 0 Å². The van der Waals surface area contributed by atoms with Gasteiger partial charge in [0.15, 0.2) is 23.3 Å². The van der Waals surface area contributed by atoms with Crippen LogP contribution >= 0.6 is 27.7 Å². The molecule has 0 saturated carbocycles. The van der Waals surface area contributed by atoms with Crippen LogP contribution in [0.2, 0.25) is 0 Å². The van der Waals surface area contributed by atoms with Gasteiger partial charge in [-0.2, -0.15) is 0 Å². The lowest BCUT2D eigenvalue weighted by Crippen LogP contribution is -2.28. The molecule has 0 aliphatic carbocycles. The third-order valence-corrected chi connectivity index (χ3v) is 5.24. The molecule has 0 radical (unpaired) electrons. The minimum Gasteiger partial charge on any atom is -0.493 e. The number of carbonyl (C=O) groups is 2. The summed E-state index contributed by atoms with van der Waals surface area (Å²) in [7, 11) is 2.79. The monoisotopic (exact) mass is 456 g/mol. The highest BCUT2D eigenvalue weighted by Gasteiger charge is 2.31. The Kier molecular flexibility index (Phi) is 7.73. The first-order chi connectivity index (χ1) is 12.9. The van der Waals surface area contributed by atoms with Crippen molar-refractivity contribution in [3.8, 4) is 11.5 Å². The molecule has 1 aromatic carbocycles. The van der Waals surface area contributed by atoms with Crippen molar-refractivity contribution >= 4 is 50.8 Å². The summed E-state index contributed by atoms with van der Waals surface area (Å²) in [6, 6.07) is 3.53. The fraction of sp³-hybridized carbons (Fsp3) is 0.389. The van der Waals surface area contributed by atoms with Gasteiger partial charge in [-0.25, -0.2) is 4.79 Å². The number of ether oxygens (including phenoxy) is 3. The van der Waals surface area contributed by atoms with E-state index in [1.165, 1.54) is 26.0 Å². The van der Waals surface area contributed by atoms with Crippen molar-refractivity contribution in [3.63, 3.8) is 0 Å². The minimum absolute atomic E-state index is 0.0733. The zero-order valence-corrected chi connectivity index (χ0v) is 18.0. The Labute approximate surface area is 170 Å². The van der Waals surface area contributed by atoms with E-state index in [1.54, 1.807) is 23.1 Å². The fourth-order valence-electron chi connectivity index (χ4n) is 2.34. The smallest absolute Gasteiger partial charge is 0.343 e. The second-order valence-corrected chi connectivity index (χ2v) is 7.18. The third kappa shape index (κ3) is 5.04. The highest BCUT2D eigenvalue weighted by molar-refractivity contribution is 9.10. The number of nitrogens with zero attached hydrogens (tertiary/aromatic N) is 2. The molecule has 0 spiro atoms. The average Bonchev–Trinajstić information content (AvgIpc) is 2.94. The molecule has 27 heavy (non-hydrogen) atoms. The molecule has 9 heteroatoms. The number of carbonyl (C=O) groups excluding carboxylic acids is 2. The average molecular weight is 457 g/mol. The summed E-state index contributed by atoms with van der Waals surface area (Å²) >= 11 is 4.78. The van der Waals surface area contributed by atoms with Crippen LogP contribution in [0, 0.1) is 0 Å². The lowest BCUT2D eigenvalue weighted by Gasteiger charge is -2.13. The topological polar surface area (TPSA) is 77.4 Å². The van der Waals surface area contributed by atoms with Crippen LogP contribution in [0.5, 0.6) is 11.5 Å². The molecular formula is C18H21BrN2O5S. The molecule has 1 aliphatic rings. The van der Waals surface area contributed by atoms with Gasteiger partial charge in [0.25, 0.3) is 5.91 Å². The molecule has 0 atom stereocenters. The predicted octanol–water partition coefficient (Wildman–Crippen LogP) is 3.32. The predicted molar refractivity (Wildman–Crippen MR) is 109 cm³/mol. The Bertz CT molecular complexity index is 794. The van der Waals surface area contributed by atoms with Crippen LogP contribution in [0.3, 0.4) is 0 Å². The Morgan fingerprint density at radius 3 is 2.67 bits per heavy atom. The van der Waals surface area contributed by atoms with Gasteiger partial charge in [0.05, 0.1) is 23.6 Å². The molecule has 1 aromatic rings. The molecule has 0 unspecified atom stereocenters. The summed E-state index contributed by atoms with van der Waals surface area (Å²) in [5.41, 5.74) is 0.758. The number of benzene rings is 1. The van der Waals surface area contributed by atoms with E-state index in [0.717, 1.165) is 5.56 Å². The second kappa shape index (κ2) is 9.80. The summed E-state index contributed by atoms with van der Waals surface area (Å²) in [5.74, 6) is 0.255. The molecule has 0 bridgehead atoms. The van der Waals surface area contributed by atoms with Crippen LogP contribution in [0.25, 0.3) is 6.08 Å². The molecule has 1 heterocycles. The van der Waals surface area contributed by atoms with Crippen molar-refractivity contribution in [1.82, 2.24) is 4.90 Å². The van der Waals surface area contributed by atoms with Gasteiger partial charge in [-0.1, -0.05) is 0 Å². The van der Waals surface area contributed by atoms with Crippen molar-refractivity contribution in [2.75, 3.05) is 33.9 Å². The fourth-order valence-corrected chi connectivity index (χ4v) is 4.02. The first-order valence-corrected chi connectivity index (χ1v) is 9.89. The quantitative estimate of drug-likeness (QED) is 0.462. The lowest BCUT2D eigenvalue weighted by atomic mass is 10.2. The normalized spacial score (nSPS) is 16.9. The number of likely N-dealkylation sites (N-methyl/N-ethyl adjacent to an activating group) is 1. The van der Waals surface area contributed by atoms with E-state index < -0.39 is 5.97 Å². The van der Waals surface area contributed by atoms with Crippen LogP contribution in [0.1, 0.15) is 19.4 Å². The number of amidine groups is 1. The number of thioether (sulfide) groups is 1. The summed E-state index contributed by atoms with van der Waals surface area (Å²) in [6.07, 6.45) is 1.78. The molecule has 1 fully saturated rings. The van der Waals surface area contributed by atoms with E-state index in [9.17, 15) is 9.59 Å². The number of methoxy groups -OCH3 is 2. The van der Waals surface area contributed by atoms with Crippen molar-refractivity contribution in [1.29, 1.82) is 0 Å². The first-order valence-electron chi connectivity index (χ1n) is 8.28. The highest BCUT2D eigenvalue weighted by Crippen LogP contribution is 2.39. The van der Waals surface area contributed by atoms with E-state index in [4.69, 9.17) is 9.47 Å². The number of halogens is 1. The molecule has 7 nitrogen and oxygen atoms in total. The third-order valence-electron chi connectivity index (χ3n) is 3.61. The van der Waals surface area contributed by atoms with Gasteiger partial charge < -0.3 is 14.2 Å². The zero-order valence-electron chi connectivity index (χ0n) is 15.6. The highest BCUT2D eigenvalue weighted by atomic mass is 79.9. The number of esters is 1. The van der Waals surface area contributed by atoms with Gasteiger partial charge in [-0.15, -0.1) is 0 Å².